The van der Waals surface area contributed by atoms with Crippen LogP contribution >= 0.6 is 11.3 Å². The standard InChI is InChI=1S/C20H15F3N2OS/c21-20(22,23)14-5-7-15(8-6-14)25-18(13-3-9-16(26)10-4-13)12-17(24-25)19-2-1-11-27-19/h1-11,18,26H,12H2. The molecule has 2 heterocycles. The van der Waals surface area contributed by atoms with E-state index < -0.39 is 11.7 Å². The number of hydrazone groups is 1. The number of phenols is 1. The Labute approximate surface area is 158 Å². The van der Waals surface area contributed by atoms with Crippen molar-refractivity contribution in [3.8, 4) is 5.75 Å². The topological polar surface area (TPSA) is 35.8 Å². The summed E-state index contributed by atoms with van der Waals surface area (Å²) in [5.41, 5.74) is 1.73. The van der Waals surface area contributed by atoms with Gasteiger partial charge in [0.25, 0.3) is 0 Å². The van der Waals surface area contributed by atoms with Crippen LogP contribution in [-0.2, 0) is 6.18 Å². The van der Waals surface area contributed by atoms with Crippen LogP contribution in [0.25, 0.3) is 0 Å². The van der Waals surface area contributed by atoms with Crippen LogP contribution in [0.2, 0.25) is 0 Å². The molecule has 4 rings (SSSR count). The van der Waals surface area contributed by atoms with Crippen molar-refractivity contribution in [3.63, 3.8) is 0 Å². The number of nitrogens with zero attached hydrogens (tertiary/aromatic N) is 2. The first kappa shape index (κ1) is 17.6. The van der Waals surface area contributed by atoms with Gasteiger partial charge in [-0.15, -0.1) is 11.3 Å². The van der Waals surface area contributed by atoms with Crippen molar-refractivity contribution in [1.82, 2.24) is 0 Å². The van der Waals surface area contributed by atoms with E-state index in [9.17, 15) is 18.3 Å². The summed E-state index contributed by atoms with van der Waals surface area (Å²) in [6.07, 6.45) is -3.74. The Bertz CT molecular complexity index is 948. The van der Waals surface area contributed by atoms with Crippen LogP contribution in [-0.4, -0.2) is 10.8 Å². The summed E-state index contributed by atoms with van der Waals surface area (Å²) in [5.74, 6) is 0.164. The van der Waals surface area contributed by atoms with Crippen LogP contribution in [0, 0.1) is 0 Å². The Morgan fingerprint density at radius 1 is 1.00 bits per heavy atom. The maximum atomic E-state index is 12.9. The van der Waals surface area contributed by atoms with Gasteiger partial charge in [0.15, 0.2) is 0 Å². The molecule has 0 radical (unpaired) electrons. The van der Waals surface area contributed by atoms with E-state index in [4.69, 9.17) is 0 Å². The van der Waals surface area contributed by atoms with Gasteiger partial charge in [-0.25, -0.2) is 0 Å². The Balaban J connectivity index is 1.72. The summed E-state index contributed by atoms with van der Waals surface area (Å²) in [5, 5.41) is 18.0. The number of hydrogen-bond acceptors (Lipinski definition) is 4. The predicted octanol–water partition coefficient (Wildman–Crippen LogP) is 5.83. The SMILES string of the molecule is Oc1ccc(C2CC(c3cccs3)=NN2c2ccc(C(F)(F)F)cc2)cc1. The van der Waals surface area contributed by atoms with Gasteiger partial charge in [-0.3, -0.25) is 5.01 Å². The van der Waals surface area contributed by atoms with Crippen LogP contribution < -0.4 is 5.01 Å². The number of hydrogen-bond donors (Lipinski definition) is 1. The fourth-order valence-electron chi connectivity index (χ4n) is 3.10. The van der Waals surface area contributed by atoms with E-state index in [-0.39, 0.29) is 11.8 Å². The summed E-state index contributed by atoms with van der Waals surface area (Å²) in [7, 11) is 0. The minimum Gasteiger partial charge on any atom is -0.508 e. The molecule has 138 valence electrons. The van der Waals surface area contributed by atoms with E-state index in [2.05, 4.69) is 5.10 Å². The second-order valence-electron chi connectivity index (χ2n) is 6.22. The third-order valence-electron chi connectivity index (χ3n) is 4.45. The highest BCUT2D eigenvalue weighted by atomic mass is 32.1. The maximum Gasteiger partial charge on any atom is 0.416 e. The molecule has 1 atom stereocenters. The van der Waals surface area contributed by atoms with E-state index in [1.54, 1.807) is 28.5 Å². The first-order valence-electron chi connectivity index (χ1n) is 8.28. The molecule has 7 heteroatoms. The molecule has 3 aromatic rings. The molecule has 0 saturated carbocycles. The summed E-state index contributed by atoms with van der Waals surface area (Å²) in [4.78, 5) is 1.04. The zero-order chi connectivity index (χ0) is 19.0. The summed E-state index contributed by atoms with van der Waals surface area (Å²) < 4.78 is 38.6. The van der Waals surface area contributed by atoms with Crippen molar-refractivity contribution in [3.05, 3.63) is 82.0 Å². The normalized spacial score (nSPS) is 17.2. The zero-order valence-electron chi connectivity index (χ0n) is 14.0. The molecule has 0 aliphatic carbocycles. The van der Waals surface area contributed by atoms with Gasteiger partial charge in [-0.1, -0.05) is 18.2 Å². The number of anilines is 1. The lowest BCUT2D eigenvalue weighted by molar-refractivity contribution is -0.137. The summed E-state index contributed by atoms with van der Waals surface area (Å²) in [6.45, 7) is 0. The fourth-order valence-corrected chi connectivity index (χ4v) is 3.82. The molecule has 3 nitrogen and oxygen atoms in total. The molecule has 1 aliphatic heterocycles. The van der Waals surface area contributed by atoms with Crippen LogP contribution in [0.15, 0.2) is 71.1 Å². The second-order valence-corrected chi connectivity index (χ2v) is 7.17. The third-order valence-corrected chi connectivity index (χ3v) is 5.37. The molecular formula is C20H15F3N2OS. The fraction of sp³-hybridized carbons (Fsp3) is 0.150. The quantitative estimate of drug-likeness (QED) is 0.613. The predicted molar refractivity (Wildman–Crippen MR) is 100 cm³/mol. The molecule has 1 aromatic heterocycles. The lowest BCUT2D eigenvalue weighted by atomic mass is 10.0. The highest BCUT2D eigenvalue weighted by molar-refractivity contribution is 7.12. The van der Waals surface area contributed by atoms with E-state index in [1.807, 2.05) is 29.6 Å². The molecule has 1 unspecified atom stereocenters. The molecule has 1 N–H and O–H groups in total. The number of phenolic OH excluding ortho intramolecular Hbond substituents is 1. The molecule has 27 heavy (non-hydrogen) atoms. The molecule has 0 amide bonds. The van der Waals surface area contributed by atoms with E-state index >= 15 is 0 Å². The average molecular weight is 388 g/mol. The number of halogens is 3. The Kier molecular flexibility index (Phi) is 4.39. The van der Waals surface area contributed by atoms with Crippen LogP contribution in [0.3, 0.4) is 0 Å². The molecule has 2 aromatic carbocycles. The first-order chi connectivity index (χ1) is 12.9. The van der Waals surface area contributed by atoms with E-state index in [1.165, 1.54) is 12.1 Å². The second kappa shape index (κ2) is 6.74. The Hall–Kier alpha value is -2.80. The first-order valence-corrected chi connectivity index (χ1v) is 9.16. The minimum absolute atomic E-state index is 0.153. The smallest absolute Gasteiger partial charge is 0.416 e. The molecule has 0 saturated heterocycles. The van der Waals surface area contributed by atoms with E-state index in [0.717, 1.165) is 28.3 Å². The maximum absolute atomic E-state index is 12.9. The molecule has 0 spiro atoms. The van der Waals surface area contributed by atoms with Crippen molar-refractivity contribution in [2.45, 2.75) is 18.6 Å². The largest absolute Gasteiger partial charge is 0.508 e. The van der Waals surface area contributed by atoms with Gasteiger partial charge in [-0.05, 0) is 53.4 Å². The number of alkyl halides is 3. The summed E-state index contributed by atoms with van der Waals surface area (Å²) in [6, 6.07) is 15.6. The Morgan fingerprint density at radius 2 is 1.70 bits per heavy atom. The lowest BCUT2D eigenvalue weighted by Crippen LogP contribution is -2.18. The van der Waals surface area contributed by atoms with Crippen molar-refractivity contribution < 1.29 is 18.3 Å². The van der Waals surface area contributed by atoms with Crippen LogP contribution in [0.5, 0.6) is 5.75 Å². The Morgan fingerprint density at radius 3 is 2.30 bits per heavy atom. The van der Waals surface area contributed by atoms with Gasteiger partial charge >= 0.3 is 6.18 Å². The molecule has 0 bridgehead atoms. The zero-order valence-corrected chi connectivity index (χ0v) is 14.8. The van der Waals surface area contributed by atoms with Gasteiger partial charge in [0.05, 0.1) is 27.9 Å². The van der Waals surface area contributed by atoms with Gasteiger partial charge in [0.1, 0.15) is 5.75 Å². The number of rotatable bonds is 3. The lowest BCUT2D eigenvalue weighted by Gasteiger charge is -2.24. The molecule has 0 fully saturated rings. The summed E-state index contributed by atoms with van der Waals surface area (Å²) >= 11 is 1.58. The monoisotopic (exact) mass is 388 g/mol. The van der Waals surface area contributed by atoms with Gasteiger partial charge in [0, 0.05) is 6.42 Å². The molecule has 1 aliphatic rings. The number of aromatic hydroxyl groups is 1. The van der Waals surface area contributed by atoms with Gasteiger partial charge in [0.2, 0.25) is 0 Å². The van der Waals surface area contributed by atoms with E-state index in [0.29, 0.717) is 12.1 Å². The van der Waals surface area contributed by atoms with Crippen molar-refractivity contribution in [2.24, 2.45) is 5.10 Å². The van der Waals surface area contributed by atoms with Crippen molar-refractivity contribution in [2.75, 3.05) is 5.01 Å². The van der Waals surface area contributed by atoms with Crippen LogP contribution in [0.1, 0.15) is 28.5 Å². The highest BCUT2D eigenvalue weighted by Gasteiger charge is 2.33. The van der Waals surface area contributed by atoms with Crippen molar-refractivity contribution >= 4 is 22.7 Å². The van der Waals surface area contributed by atoms with Gasteiger partial charge < -0.3 is 5.11 Å². The van der Waals surface area contributed by atoms with Crippen LogP contribution in [0.4, 0.5) is 18.9 Å². The molecular weight excluding hydrogens is 373 g/mol. The van der Waals surface area contributed by atoms with Gasteiger partial charge in [-0.2, -0.15) is 18.3 Å². The third kappa shape index (κ3) is 3.55. The minimum atomic E-state index is -4.37. The average Bonchev–Trinajstić information content (AvgIpc) is 3.31. The highest BCUT2D eigenvalue weighted by Crippen LogP contribution is 2.39. The van der Waals surface area contributed by atoms with Crippen molar-refractivity contribution in [1.29, 1.82) is 0 Å². The number of benzene rings is 2. The number of thiophene rings is 1.